The Balaban J connectivity index is 0.00000645. The zero-order chi connectivity index (χ0) is 30.0. The van der Waals surface area contributed by atoms with Crippen LogP contribution in [0.2, 0.25) is 0 Å². The third-order valence-corrected chi connectivity index (χ3v) is 8.65. The van der Waals surface area contributed by atoms with Crippen LogP contribution in [-0.4, -0.2) is 26.2 Å². The molecule has 0 radical (unpaired) electrons. The molecule has 238 valence electrons. The summed E-state index contributed by atoms with van der Waals surface area (Å²) in [5.41, 5.74) is 5.38. The van der Waals surface area contributed by atoms with Gasteiger partial charge in [-0.25, -0.2) is 0 Å². The first kappa shape index (κ1) is 36.8. The first-order valence-electron chi connectivity index (χ1n) is 16.1. The van der Waals surface area contributed by atoms with Crippen LogP contribution in [0.5, 0.6) is 11.5 Å². The summed E-state index contributed by atoms with van der Waals surface area (Å²) in [4.78, 5) is 15.8. The summed E-state index contributed by atoms with van der Waals surface area (Å²) in [7, 11) is 1.69. The minimum Gasteiger partial charge on any atom is -1.00 e. The van der Waals surface area contributed by atoms with Gasteiger partial charge in [-0.05, 0) is 49.6 Å². The van der Waals surface area contributed by atoms with Crippen molar-refractivity contribution >= 4 is 22.9 Å². The number of methoxy groups -OCH3 is 1. The van der Waals surface area contributed by atoms with Crippen molar-refractivity contribution in [2.75, 3.05) is 25.2 Å². The molecule has 7 heteroatoms. The molecule has 0 atom stereocenters. The molecular weight excluding hydrogens is 620 g/mol. The van der Waals surface area contributed by atoms with Crippen molar-refractivity contribution in [3.8, 4) is 11.5 Å². The fourth-order valence-electron chi connectivity index (χ4n) is 5.39. The van der Waals surface area contributed by atoms with E-state index in [1.54, 1.807) is 25.4 Å². The normalized spacial score (nSPS) is 10.8. The second kappa shape index (κ2) is 21.3. The Bertz CT molecular complexity index is 1200. The highest BCUT2D eigenvalue weighted by Crippen LogP contribution is 2.29. The largest absolute Gasteiger partial charge is 1.00 e. The molecule has 3 aromatic rings. The number of halogens is 1. The maximum Gasteiger partial charge on any atom is 0.225 e. The Labute approximate surface area is 275 Å². The van der Waals surface area contributed by atoms with Gasteiger partial charge >= 0.3 is 0 Å². The molecule has 0 saturated carbocycles. The minimum atomic E-state index is 0. The van der Waals surface area contributed by atoms with Gasteiger partial charge in [-0.15, -0.1) is 0 Å². The first-order valence-corrected chi connectivity index (χ1v) is 17.0. The summed E-state index contributed by atoms with van der Waals surface area (Å²) in [5.74, 6) is 1.59. The molecule has 0 saturated heterocycles. The molecule has 0 fully saturated rings. The summed E-state index contributed by atoms with van der Waals surface area (Å²) in [6.07, 6.45) is 18.8. The highest BCUT2D eigenvalue weighted by Gasteiger charge is 2.15. The van der Waals surface area contributed by atoms with Gasteiger partial charge in [0.2, 0.25) is 11.4 Å². The summed E-state index contributed by atoms with van der Waals surface area (Å²) in [6.45, 7) is 8.13. The van der Waals surface area contributed by atoms with Gasteiger partial charge in [0.1, 0.15) is 0 Å². The van der Waals surface area contributed by atoms with Crippen LogP contribution in [0.3, 0.4) is 0 Å². The number of ether oxygens (including phenoxy) is 2. The summed E-state index contributed by atoms with van der Waals surface area (Å²) in [6, 6.07) is 14.4. The van der Waals surface area contributed by atoms with Crippen molar-refractivity contribution in [1.29, 1.82) is 0 Å². The van der Waals surface area contributed by atoms with Crippen molar-refractivity contribution in [1.82, 2.24) is 0 Å². The lowest BCUT2D eigenvalue weighted by Crippen LogP contribution is -3.00. The molecule has 0 unspecified atom stereocenters. The van der Waals surface area contributed by atoms with Crippen molar-refractivity contribution in [2.45, 2.75) is 111 Å². The molecular formula is C36H53BrN2O3S. The van der Waals surface area contributed by atoms with Crippen LogP contribution in [-0.2, 0) is 17.8 Å². The number of anilines is 1. The van der Waals surface area contributed by atoms with Crippen LogP contribution < -0.4 is 35.9 Å². The Morgan fingerprint density at radius 1 is 0.860 bits per heavy atom. The molecule has 1 amide bonds. The number of carbonyl (C=O) groups is 1. The quantitative estimate of drug-likeness (QED) is 0.102. The number of unbranched alkanes of at least 4 members (excludes halogenated alkanes) is 11. The average Bonchev–Trinajstić information content (AvgIpc) is 3.39. The second-order valence-corrected chi connectivity index (χ2v) is 12.5. The smallest absolute Gasteiger partial charge is 0.225 e. The van der Waals surface area contributed by atoms with E-state index in [1.165, 1.54) is 81.1 Å². The predicted molar refractivity (Wildman–Crippen MR) is 176 cm³/mol. The minimum absolute atomic E-state index is 0. The molecule has 43 heavy (non-hydrogen) atoms. The van der Waals surface area contributed by atoms with Crippen LogP contribution in [0, 0.1) is 6.92 Å². The first-order chi connectivity index (χ1) is 20.5. The molecule has 0 bridgehead atoms. The van der Waals surface area contributed by atoms with E-state index < -0.39 is 0 Å². The zero-order valence-electron chi connectivity index (χ0n) is 26.9. The van der Waals surface area contributed by atoms with Crippen molar-refractivity contribution in [3.05, 3.63) is 70.2 Å². The van der Waals surface area contributed by atoms with Gasteiger partial charge in [0.25, 0.3) is 0 Å². The number of amides is 1. The van der Waals surface area contributed by atoms with Crippen molar-refractivity contribution in [3.63, 3.8) is 0 Å². The van der Waals surface area contributed by atoms with Crippen LogP contribution in [0.1, 0.15) is 107 Å². The van der Waals surface area contributed by atoms with E-state index in [2.05, 4.69) is 54.4 Å². The van der Waals surface area contributed by atoms with Gasteiger partial charge in [0.15, 0.2) is 24.2 Å². The molecule has 1 aromatic heterocycles. The third kappa shape index (κ3) is 13.9. The Kier molecular flexibility index (Phi) is 18.3. The number of benzene rings is 2. The fourth-order valence-corrected chi connectivity index (χ4v) is 6.02. The van der Waals surface area contributed by atoms with E-state index in [1.807, 2.05) is 23.1 Å². The number of carbonyl (C=O) groups excluding carboxylic acids is 1. The number of rotatable bonds is 21. The van der Waals surface area contributed by atoms with E-state index in [9.17, 15) is 4.79 Å². The number of nitrogens with zero attached hydrogens (tertiary/aromatic N) is 2. The van der Waals surface area contributed by atoms with Gasteiger partial charge in [0.05, 0.1) is 18.6 Å². The maximum atomic E-state index is 12.6. The topological polar surface area (TPSA) is 42.7 Å². The van der Waals surface area contributed by atoms with Gasteiger partial charge in [-0.2, -0.15) is 4.57 Å². The van der Waals surface area contributed by atoms with Crippen LogP contribution in [0.15, 0.2) is 54.2 Å². The van der Waals surface area contributed by atoms with Gasteiger partial charge < -0.3 is 31.4 Å². The van der Waals surface area contributed by atoms with E-state index in [0.29, 0.717) is 13.2 Å². The SMILES string of the molecule is CCCCCCCCCCCCCCOc1cc(CCN(C(C)=O)c2cccc(C[n+]3csc(C)c3)c2)ccc1OC.[Br-]. The Morgan fingerprint density at radius 3 is 2.14 bits per heavy atom. The lowest BCUT2D eigenvalue weighted by molar-refractivity contribution is -0.683. The number of aryl methyl sites for hydroxylation is 1. The monoisotopic (exact) mass is 672 g/mol. The fraction of sp³-hybridized carbons (Fsp3) is 0.556. The van der Waals surface area contributed by atoms with E-state index >= 15 is 0 Å². The highest BCUT2D eigenvalue weighted by atomic mass is 79.9. The molecule has 5 nitrogen and oxygen atoms in total. The van der Waals surface area contributed by atoms with Crippen molar-refractivity contribution < 1.29 is 35.8 Å². The molecule has 0 aliphatic carbocycles. The second-order valence-electron chi connectivity index (χ2n) is 11.4. The summed E-state index contributed by atoms with van der Waals surface area (Å²) in [5, 5.41) is 0. The number of hydrogen-bond donors (Lipinski definition) is 0. The molecule has 1 heterocycles. The van der Waals surface area contributed by atoms with E-state index in [4.69, 9.17) is 9.47 Å². The molecule has 2 aromatic carbocycles. The number of hydrogen-bond acceptors (Lipinski definition) is 4. The molecule has 3 rings (SSSR count). The number of aromatic nitrogens is 1. The Hall–Kier alpha value is -2.38. The van der Waals surface area contributed by atoms with E-state index in [0.717, 1.165) is 42.1 Å². The van der Waals surface area contributed by atoms with Crippen molar-refractivity contribution in [2.24, 2.45) is 0 Å². The van der Waals surface area contributed by atoms with E-state index in [-0.39, 0.29) is 22.9 Å². The molecule has 0 aliphatic heterocycles. The molecule has 0 N–H and O–H groups in total. The molecule has 0 spiro atoms. The molecule has 0 aliphatic rings. The van der Waals surface area contributed by atoms with Gasteiger partial charge in [-0.1, -0.05) is 107 Å². The lowest BCUT2D eigenvalue weighted by atomic mass is 10.1. The standard InChI is InChI=1S/C36H53N2O3S.BrH/c1-5-6-7-8-9-10-11-12-13-14-15-16-24-41-36-26-32(20-21-35(36)40-4)22-23-38(31(3)39)34-19-17-18-33(25-34)28-37-27-30(2)42-29-37;/h17-21,25-27,29H,5-16,22-24,28H2,1-4H3;1H/q+1;/p-1. The third-order valence-electron chi connectivity index (χ3n) is 7.80. The van der Waals surface area contributed by atoms with Crippen LogP contribution in [0.4, 0.5) is 5.69 Å². The zero-order valence-corrected chi connectivity index (χ0v) is 29.3. The van der Waals surface area contributed by atoms with Gasteiger partial charge in [-0.3, -0.25) is 4.79 Å². The lowest BCUT2D eigenvalue weighted by Gasteiger charge is -2.22. The van der Waals surface area contributed by atoms with Crippen LogP contribution in [0.25, 0.3) is 0 Å². The highest BCUT2D eigenvalue weighted by molar-refractivity contribution is 7.09. The summed E-state index contributed by atoms with van der Waals surface area (Å²) < 4.78 is 13.9. The maximum absolute atomic E-state index is 12.6. The van der Waals surface area contributed by atoms with Gasteiger partial charge in [0, 0.05) is 24.7 Å². The number of thiazole rings is 1. The predicted octanol–water partition coefficient (Wildman–Crippen LogP) is 6.08. The average molecular weight is 674 g/mol. The van der Waals surface area contributed by atoms with Crippen LogP contribution >= 0.6 is 11.3 Å². The Morgan fingerprint density at radius 2 is 1.53 bits per heavy atom. The summed E-state index contributed by atoms with van der Waals surface area (Å²) >= 11 is 1.74.